The van der Waals surface area contributed by atoms with Crippen molar-refractivity contribution in [2.24, 2.45) is 0 Å². The molecule has 7 nitrogen and oxygen atoms in total. The van der Waals surface area contributed by atoms with Gasteiger partial charge < -0.3 is 0 Å². The summed E-state index contributed by atoms with van der Waals surface area (Å²) in [6.45, 7) is 3.32. The van der Waals surface area contributed by atoms with Gasteiger partial charge >= 0.3 is 0 Å². The number of halogens is 1. The van der Waals surface area contributed by atoms with Crippen LogP contribution in [0, 0.1) is 13.8 Å². The first-order valence-corrected chi connectivity index (χ1v) is 11.8. The Kier molecular flexibility index (Phi) is 5.17. The lowest BCUT2D eigenvalue weighted by molar-refractivity contribution is 0.484. The summed E-state index contributed by atoms with van der Waals surface area (Å²) in [6, 6.07) is 6.67. The fraction of sp³-hybridized carbons (Fsp3) is 0.438. The van der Waals surface area contributed by atoms with Crippen molar-refractivity contribution in [1.82, 2.24) is 14.5 Å². The second kappa shape index (κ2) is 6.95. The summed E-state index contributed by atoms with van der Waals surface area (Å²) in [4.78, 5) is 0.0915. The molecule has 1 fully saturated rings. The molecule has 0 spiro atoms. The molecule has 1 aliphatic heterocycles. The third kappa shape index (κ3) is 3.80. The third-order valence-electron chi connectivity index (χ3n) is 4.49. The van der Waals surface area contributed by atoms with E-state index >= 15 is 0 Å². The molecule has 0 radical (unpaired) electrons. The maximum atomic E-state index is 12.8. The number of benzene rings is 1. The average Bonchev–Trinajstić information content (AvgIpc) is 3.05. The Morgan fingerprint density at radius 1 is 1.31 bits per heavy atom. The van der Waals surface area contributed by atoms with E-state index in [2.05, 4.69) is 9.82 Å². The molecule has 0 saturated carbocycles. The molecule has 0 bridgehead atoms. The first-order valence-electron chi connectivity index (χ1n) is 8.10. The van der Waals surface area contributed by atoms with E-state index < -0.39 is 19.9 Å². The number of aryl methyl sites for hydroxylation is 1. The summed E-state index contributed by atoms with van der Waals surface area (Å²) in [6.07, 6.45) is 0.441. The van der Waals surface area contributed by atoms with Gasteiger partial charge in [-0.25, -0.2) is 21.6 Å². The van der Waals surface area contributed by atoms with Crippen LogP contribution in [0.4, 0.5) is 0 Å². The van der Waals surface area contributed by atoms with Gasteiger partial charge in [0.05, 0.1) is 28.9 Å². The number of hydrogen-bond acceptors (Lipinski definition) is 5. The quantitative estimate of drug-likeness (QED) is 0.802. The lowest BCUT2D eigenvalue weighted by atomic mass is 10.2. The highest BCUT2D eigenvalue weighted by molar-refractivity contribution is 7.91. The van der Waals surface area contributed by atoms with Gasteiger partial charge in [0.15, 0.2) is 9.84 Å². The number of nitrogens with zero attached hydrogens (tertiary/aromatic N) is 2. The molecule has 1 aliphatic rings. The van der Waals surface area contributed by atoms with Crippen molar-refractivity contribution in [3.8, 4) is 0 Å². The Morgan fingerprint density at radius 3 is 2.62 bits per heavy atom. The summed E-state index contributed by atoms with van der Waals surface area (Å²) in [5.41, 5.74) is 1.46. The second-order valence-corrected chi connectivity index (χ2v) is 10.8. The molecule has 0 amide bonds. The van der Waals surface area contributed by atoms with E-state index in [0.717, 1.165) is 0 Å². The maximum Gasteiger partial charge on any atom is 0.244 e. The predicted molar refractivity (Wildman–Crippen MR) is 99.5 cm³/mol. The molecule has 26 heavy (non-hydrogen) atoms. The Labute approximate surface area is 158 Å². The van der Waals surface area contributed by atoms with Crippen LogP contribution in [-0.4, -0.2) is 38.1 Å². The minimum Gasteiger partial charge on any atom is -0.264 e. The summed E-state index contributed by atoms with van der Waals surface area (Å²) in [5, 5.41) is 4.79. The SMILES string of the molecule is Cc1nn(C2CCS(=O)(=O)C2)c(C)c1S(=O)(=O)NCc1ccccc1Cl. The first kappa shape index (κ1) is 19.3. The number of aromatic nitrogens is 2. The highest BCUT2D eigenvalue weighted by atomic mass is 35.5. The molecule has 10 heteroatoms. The number of nitrogens with one attached hydrogen (secondary N) is 1. The predicted octanol–water partition coefficient (Wildman–Crippen LogP) is 1.99. The number of sulfonamides is 1. The van der Waals surface area contributed by atoms with Crippen LogP contribution in [0.5, 0.6) is 0 Å². The molecule has 1 aromatic heterocycles. The van der Waals surface area contributed by atoms with Crippen LogP contribution in [0.15, 0.2) is 29.2 Å². The molecule has 1 unspecified atom stereocenters. The van der Waals surface area contributed by atoms with Crippen LogP contribution in [0.1, 0.15) is 29.4 Å². The van der Waals surface area contributed by atoms with Crippen LogP contribution < -0.4 is 4.72 Å². The minimum absolute atomic E-state index is 0.0124. The summed E-state index contributed by atoms with van der Waals surface area (Å²) >= 11 is 6.07. The van der Waals surface area contributed by atoms with E-state index in [9.17, 15) is 16.8 Å². The normalized spacial score (nSPS) is 19.7. The maximum absolute atomic E-state index is 12.8. The van der Waals surface area contributed by atoms with Crippen molar-refractivity contribution in [3.05, 3.63) is 46.2 Å². The largest absolute Gasteiger partial charge is 0.264 e. The van der Waals surface area contributed by atoms with Crippen LogP contribution in [0.25, 0.3) is 0 Å². The third-order valence-corrected chi connectivity index (χ3v) is 8.26. The Balaban J connectivity index is 1.87. The van der Waals surface area contributed by atoms with Crippen molar-refractivity contribution >= 4 is 31.5 Å². The summed E-state index contributed by atoms with van der Waals surface area (Å²) in [7, 11) is -6.91. The fourth-order valence-corrected chi connectivity index (χ4v) is 6.54. The first-order chi connectivity index (χ1) is 12.1. The van der Waals surface area contributed by atoms with Crippen molar-refractivity contribution in [2.45, 2.75) is 37.8 Å². The van der Waals surface area contributed by atoms with E-state index in [1.807, 2.05) is 0 Å². The molecule has 2 aromatic rings. The van der Waals surface area contributed by atoms with Gasteiger partial charge in [-0.2, -0.15) is 5.10 Å². The Morgan fingerprint density at radius 2 is 2.00 bits per heavy atom. The smallest absolute Gasteiger partial charge is 0.244 e. The van der Waals surface area contributed by atoms with Gasteiger partial charge in [-0.05, 0) is 31.9 Å². The van der Waals surface area contributed by atoms with Gasteiger partial charge in [0.1, 0.15) is 4.90 Å². The van der Waals surface area contributed by atoms with Crippen molar-refractivity contribution in [2.75, 3.05) is 11.5 Å². The van der Waals surface area contributed by atoms with Crippen molar-refractivity contribution < 1.29 is 16.8 Å². The van der Waals surface area contributed by atoms with Crippen LogP contribution >= 0.6 is 11.6 Å². The Hall–Kier alpha value is -1.42. The van der Waals surface area contributed by atoms with Crippen LogP contribution in [0.2, 0.25) is 5.02 Å². The summed E-state index contributed by atoms with van der Waals surface area (Å²) < 4.78 is 53.1. The number of hydrogen-bond donors (Lipinski definition) is 1. The topological polar surface area (TPSA) is 98.1 Å². The van der Waals surface area contributed by atoms with E-state index in [1.165, 1.54) is 4.68 Å². The zero-order valence-electron chi connectivity index (χ0n) is 14.4. The van der Waals surface area contributed by atoms with E-state index in [4.69, 9.17) is 11.6 Å². The molecule has 1 saturated heterocycles. The number of rotatable bonds is 5. The van der Waals surface area contributed by atoms with Gasteiger partial charge in [-0.15, -0.1) is 0 Å². The summed E-state index contributed by atoms with van der Waals surface area (Å²) in [5.74, 6) is 0.0877. The number of sulfone groups is 1. The standard InChI is InChI=1S/C16H20ClN3O4S2/c1-11-16(12(2)20(19-11)14-7-8-25(21,22)10-14)26(23,24)18-9-13-5-3-4-6-15(13)17/h3-6,14,18H,7-10H2,1-2H3. The monoisotopic (exact) mass is 417 g/mol. The molecular weight excluding hydrogens is 398 g/mol. The molecule has 2 heterocycles. The van der Waals surface area contributed by atoms with Gasteiger partial charge in [0, 0.05) is 11.6 Å². The molecule has 3 rings (SSSR count). The van der Waals surface area contributed by atoms with Crippen molar-refractivity contribution in [1.29, 1.82) is 0 Å². The zero-order chi connectivity index (χ0) is 19.1. The van der Waals surface area contributed by atoms with E-state index in [0.29, 0.717) is 28.4 Å². The van der Waals surface area contributed by atoms with Gasteiger partial charge in [-0.3, -0.25) is 4.68 Å². The average molecular weight is 418 g/mol. The highest BCUT2D eigenvalue weighted by Gasteiger charge is 2.33. The molecule has 0 aliphatic carbocycles. The van der Waals surface area contributed by atoms with Crippen LogP contribution in [-0.2, 0) is 26.4 Å². The van der Waals surface area contributed by atoms with E-state index in [-0.39, 0.29) is 29.0 Å². The van der Waals surface area contributed by atoms with Gasteiger partial charge in [-0.1, -0.05) is 29.8 Å². The second-order valence-electron chi connectivity index (χ2n) is 6.42. The molecule has 1 atom stereocenters. The Bertz CT molecular complexity index is 1050. The van der Waals surface area contributed by atoms with E-state index in [1.54, 1.807) is 38.1 Å². The van der Waals surface area contributed by atoms with Crippen LogP contribution in [0.3, 0.4) is 0 Å². The highest BCUT2D eigenvalue weighted by Crippen LogP contribution is 2.29. The zero-order valence-corrected chi connectivity index (χ0v) is 16.8. The van der Waals surface area contributed by atoms with Gasteiger partial charge in [0.2, 0.25) is 10.0 Å². The van der Waals surface area contributed by atoms with Crippen molar-refractivity contribution in [3.63, 3.8) is 0 Å². The minimum atomic E-state index is -3.82. The lowest BCUT2D eigenvalue weighted by Gasteiger charge is -2.12. The molecule has 1 aromatic carbocycles. The van der Waals surface area contributed by atoms with Gasteiger partial charge in [0.25, 0.3) is 0 Å². The molecular formula is C16H20ClN3O4S2. The molecule has 142 valence electrons. The lowest BCUT2D eigenvalue weighted by Crippen LogP contribution is -2.24. The molecule has 1 N–H and O–H groups in total. The fourth-order valence-electron chi connectivity index (χ4n) is 3.25.